The number of fused-ring (bicyclic) bond motifs is 1. The van der Waals surface area contributed by atoms with Crippen LogP contribution in [0.15, 0.2) is 44.8 Å². The Morgan fingerprint density at radius 1 is 1.24 bits per heavy atom. The number of carbonyl (C=O) groups excluding carboxylic acids is 2. The second-order valence-corrected chi connectivity index (χ2v) is 8.83. The summed E-state index contributed by atoms with van der Waals surface area (Å²) in [6.45, 7) is 1.58. The highest BCUT2D eigenvalue weighted by molar-refractivity contribution is 8.27. The van der Waals surface area contributed by atoms with E-state index in [-0.39, 0.29) is 23.7 Å². The Kier molecular flexibility index (Phi) is 5.86. The number of aliphatic imine (C=N–C) groups is 1. The Morgan fingerprint density at radius 3 is 2.66 bits per heavy atom. The van der Waals surface area contributed by atoms with Gasteiger partial charge >= 0.3 is 0 Å². The Hall–Kier alpha value is -2.39. The first-order valence-corrected chi connectivity index (χ1v) is 11.5. The summed E-state index contributed by atoms with van der Waals surface area (Å²) in [5, 5.41) is 15.1. The fourth-order valence-corrected chi connectivity index (χ4v) is 4.64. The van der Waals surface area contributed by atoms with Crippen LogP contribution in [0, 0.1) is 5.41 Å². The molecule has 0 bridgehead atoms. The van der Waals surface area contributed by atoms with Gasteiger partial charge in [-0.25, -0.2) is 0 Å². The highest BCUT2D eigenvalue weighted by Gasteiger charge is 2.36. The number of nitrogens with zero attached hydrogens (tertiary/aromatic N) is 4. The maximum atomic E-state index is 12.5. The molecule has 1 N–H and O–H groups in total. The van der Waals surface area contributed by atoms with E-state index in [1.807, 2.05) is 35.4 Å². The Bertz CT molecular complexity index is 946. The minimum Gasteiger partial charge on any atom is -0.342 e. The first-order valence-electron chi connectivity index (χ1n) is 9.46. The first-order chi connectivity index (χ1) is 14.0. The molecule has 1 aromatic carbocycles. The molecule has 3 aliphatic heterocycles. The van der Waals surface area contributed by atoms with Crippen molar-refractivity contribution < 1.29 is 9.59 Å². The van der Waals surface area contributed by atoms with Crippen molar-refractivity contribution in [2.45, 2.75) is 30.6 Å². The number of nitrogens with one attached hydrogen (secondary N) is 1. The summed E-state index contributed by atoms with van der Waals surface area (Å²) >= 11 is 2.84. The SMILES string of the molecule is CSc1ccc(/C=C2\C(=N)N3N=C(CC(=O)N4CCCCC4)SC3=NC2=O)cc1. The lowest BCUT2D eigenvalue weighted by Crippen LogP contribution is -2.36. The van der Waals surface area contributed by atoms with Crippen molar-refractivity contribution in [3.63, 3.8) is 0 Å². The summed E-state index contributed by atoms with van der Waals surface area (Å²) in [6, 6.07) is 7.75. The number of piperidine rings is 1. The molecule has 150 valence electrons. The van der Waals surface area contributed by atoms with Gasteiger partial charge in [0.15, 0.2) is 5.84 Å². The largest absolute Gasteiger partial charge is 0.342 e. The number of hydrazone groups is 1. The van der Waals surface area contributed by atoms with Gasteiger partial charge in [0.25, 0.3) is 5.91 Å². The highest BCUT2D eigenvalue weighted by Crippen LogP contribution is 2.30. The quantitative estimate of drug-likeness (QED) is 0.587. The van der Waals surface area contributed by atoms with Crippen LogP contribution in [-0.4, -0.2) is 57.1 Å². The molecule has 0 spiro atoms. The molecule has 1 fully saturated rings. The Labute approximate surface area is 177 Å². The van der Waals surface area contributed by atoms with E-state index < -0.39 is 5.91 Å². The van der Waals surface area contributed by atoms with Crippen molar-refractivity contribution in [2.24, 2.45) is 10.1 Å². The fourth-order valence-electron chi connectivity index (χ4n) is 3.35. The van der Waals surface area contributed by atoms with E-state index in [0.29, 0.717) is 10.2 Å². The number of hydrogen-bond acceptors (Lipinski definition) is 6. The molecular weight excluding hydrogens is 406 g/mol. The summed E-state index contributed by atoms with van der Waals surface area (Å²) in [5.74, 6) is -0.428. The zero-order valence-electron chi connectivity index (χ0n) is 16.1. The predicted molar refractivity (Wildman–Crippen MR) is 118 cm³/mol. The van der Waals surface area contributed by atoms with E-state index in [4.69, 9.17) is 5.41 Å². The minimum atomic E-state index is -0.457. The topological polar surface area (TPSA) is 89.2 Å². The minimum absolute atomic E-state index is 0.0122. The third kappa shape index (κ3) is 4.30. The summed E-state index contributed by atoms with van der Waals surface area (Å²) in [5.41, 5.74) is 1.02. The molecule has 29 heavy (non-hydrogen) atoms. The molecular formula is C20H21N5O2S2. The summed E-state index contributed by atoms with van der Waals surface area (Å²) in [4.78, 5) is 32.1. The average Bonchev–Trinajstić information content (AvgIpc) is 3.14. The molecule has 0 atom stereocenters. The lowest BCUT2D eigenvalue weighted by molar-refractivity contribution is -0.130. The highest BCUT2D eigenvalue weighted by atomic mass is 32.2. The molecule has 3 heterocycles. The van der Waals surface area contributed by atoms with Gasteiger partial charge in [0.2, 0.25) is 11.1 Å². The standard InChI is InChI=1S/C20H21N5O2S2/c1-28-14-7-5-13(6-8-14)11-15-18(21)25-20(22-19(15)27)29-16(23-25)12-17(26)24-9-3-2-4-10-24/h5-8,11,21H,2-4,9-10,12H2,1H3/b15-11+,21-18?. The summed E-state index contributed by atoms with van der Waals surface area (Å²) in [6.07, 6.45) is 7.08. The van der Waals surface area contributed by atoms with Crippen molar-refractivity contribution in [3.05, 3.63) is 35.4 Å². The number of carbonyl (C=O) groups is 2. The molecule has 0 radical (unpaired) electrons. The van der Waals surface area contributed by atoms with Gasteiger partial charge in [-0.15, -0.1) is 11.8 Å². The van der Waals surface area contributed by atoms with Gasteiger partial charge in [0.05, 0.1) is 12.0 Å². The van der Waals surface area contributed by atoms with Gasteiger partial charge in [0, 0.05) is 18.0 Å². The molecule has 9 heteroatoms. The molecule has 0 unspecified atom stereocenters. The van der Waals surface area contributed by atoms with Crippen molar-refractivity contribution >= 4 is 57.5 Å². The van der Waals surface area contributed by atoms with Gasteiger partial charge in [-0.05, 0) is 61.1 Å². The Morgan fingerprint density at radius 2 is 1.97 bits per heavy atom. The van der Waals surface area contributed by atoms with E-state index in [0.717, 1.165) is 36.4 Å². The third-order valence-electron chi connectivity index (χ3n) is 4.93. The zero-order chi connectivity index (χ0) is 20.4. The van der Waals surface area contributed by atoms with Crippen LogP contribution in [0.25, 0.3) is 6.08 Å². The molecule has 3 aliphatic rings. The molecule has 0 saturated carbocycles. The lowest BCUT2D eigenvalue weighted by Gasteiger charge is -2.26. The van der Waals surface area contributed by atoms with Crippen molar-refractivity contribution in [1.82, 2.24) is 9.91 Å². The number of amidine groups is 2. The first kappa shape index (κ1) is 19.9. The van der Waals surface area contributed by atoms with Crippen molar-refractivity contribution in [3.8, 4) is 0 Å². The van der Waals surface area contributed by atoms with Crippen LogP contribution in [-0.2, 0) is 9.59 Å². The second kappa shape index (κ2) is 8.54. The van der Waals surface area contributed by atoms with E-state index >= 15 is 0 Å². The van der Waals surface area contributed by atoms with Gasteiger partial charge in [-0.2, -0.15) is 15.1 Å². The van der Waals surface area contributed by atoms with Crippen LogP contribution in [0.4, 0.5) is 0 Å². The van der Waals surface area contributed by atoms with Gasteiger partial charge in [0.1, 0.15) is 5.04 Å². The number of rotatable bonds is 4. The number of amides is 2. The predicted octanol–water partition coefficient (Wildman–Crippen LogP) is 3.43. The number of benzene rings is 1. The lowest BCUT2D eigenvalue weighted by atomic mass is 10.1. The van der Waals surface area contributed by atoms with E-state index in [1.54, 1.807) is 17.8 Å². The number of thioether (sulfide) groups is 2. The van der Waals surface area contributed by atoms with Crippen molar-refractivity contribution in [2.75, 3.05) is 19.3 Å². The zero-order valence-corrected chi connectivity index (χ0v) is 17.7. The molecule has 0 aliphatic carbocycles. The third-order valence-corrected chi connectivity index (χ3v) is 6.59. The van der Waals surface area contributed by atoms with E-state index in [9.17, 15) is 9.59 Å². The van der Waals surface area contributed by atoms with Crippen LogP contribution in [0.1, 0.15) is 31.2 Å². The van der Waals surface area contributed by atoms with Crippen LogP contribution in [0.2, 0.25) is 0 Å². The molecule has 1 saturated heterocycles. The Balaban J connectivity index is 1.50. The van der Waals surface area contributed by atoms with E-state index in [1.165, 1.54) is 23.2 Å². The van der Waals surface area contributed by atoms with Gasteiger partial charge in [-0.3, -0.25) is 15.0 Å². The van der Waals surface area contributed by atoms with Crippen LogP contribution in [0.5, 0.6) is 0 Å². The monoisotopic (exact) mass is 427 g/mol. The summed E-state index contributed by atoms with van der Waals surface area (Å²) < 4.78 is 0. The normalized spacial score (nSPS) is 20.7. The van der Waals surface area contributed by atoms with Gasteiger partial charge < -0.3 is 4.90 Å². The smallest absolute Gasteiger partial charge is 0.283 e. The maximum absolute atomic E-state index is 12.5. The summed E-state index contributed by atoms with van der Waals surface area (Å²) in [7, 11) is 0. The number of hydrogen-bond donors (Lipinski definition) is 1. The number of likely N-dealkylation sites (tertiary alicyclic amines) is 1. The molecule has 4 rings (SSSR count). The van der Waals surface area contributed by atoms with Crippen LogP contribution < -0.4 is 0 Å². The van der Waals surface area contributed by atoms with Crippen LogP contribution in [0.3, 0.4) is 0 Å². The van der Waals surface area contributed by atoms with Crippen LogP contribution >= 0.6 is 23.5 Å². The molecule has 1 aromatic rings. The molecule has 2 amide bonds. The van der Waals surface area contributed by atoms with E-state index in [2.05, 4.69) is 10.1 Å². The van der Waals surface area contributed by atoms with Crippen molar-refractivity contribution in [1.29, 1.82) is 5.41 Å². The fraction of sp³-hybridized carbons (Fsp3) is 0.350. The van der Waals surface area contributed by atoms with Gasteiger partial charge in [-0.1, -0.05) is 12.1 Å². The maximum Gasteiger partial charge on any atom is 0.283 e. The second-order valence-electron chi connectivity index (χ2n) is 6.91. The molecule has 0 aromatic heterocycles. The molecule has 7 nitrogen and oxygen atoms in total. The average molecular weight is 428 g/mol.